The molecule has 0 aliphatic carbocycles. The van der Waals surface area contributed by atoms with Crippen molar-refractivity contribution in [3.05, 3.63) is 0 Å². The topological polar surface area (TPSA) is 66.5 Å². The summed E-state index contributed by atoms with van der Waals surface area (Å²) in [5, 5.41) is 0. The Hall–Kier alpha value is -0.620. The van der Waals surface area contributed by atoms with Gasteiger partial charge in [-0.05, 0) is 33.7 Å². The average Bonchev–Trinajstić information content (AvgIpc) is 2.46. The van der Waals surface area contributed by atoms with E-state index in [4.69, 9.17) is 0 Å². The standard InChI is InChI=1S/C10H20N2O3S/c1-10(2,3)12-6-5-8(7-12)9(13)11-16(4,14)15/h8H,5-7H2,1-4H3,(H,11,13). The highest BCUT2D eigenvalue weighted by Gasteiger charge is 2.34. The molecule has 0 aromatic heterocycles. The highest BCUT2D eigenvalue weighted by Crippen LogP contribution is 2.24. The van der Waals surface area contributed by atoms with Gasteiger partial charge in [-0.15, -0.1) is 0 Å². The molecule has 0 saturated carbocycles. The van der Waals surface area contributed by atoms with E-state index in [0.29, 0.717) is 6.54 Å². The van der Waals surface area contributed by atoms with Crippen LogP contribution in [-0.4, -0.2) is 44.1 Å². The summed E-state index contributed by atoms with van der Waals surface area (Å²) >= 11 is 0. The van der Waals surface area contributed by atoms with Gasteiger partial charge in [-0.25, -0.2) is 8.42 Å². The molecule has 1 atom stereocenters. The minimum atomic E-state index is -3.43. The van der Waals surface area contributed by atoms with Gasteiger partial charge < -0.3 is 0 Å². The molecule has 0 radical (unpaired) electrons. The molecule has 1 N–H and O–H groups in total. The lowest BCUT2D eigenvalue weighted by molar-refractivity contribution is -0.122. The summed E-state index contributed by atoms with van der Waals surface area (Å²) in [4.78, 5) is 13.8. The van der Waals surface area contributed by atoms with Gasteiger partial charge in [-0.3, -0.25) is 14.4 Å². The first kappa shape index (κ1) is 13.4. The van der Waals surface area contributed by atoms with E-state index >= 15 is 0 Å². The second kappa shape index (κ2) is 4.33. The SMILES string of the molecule is CC(C)(C)N1CCC(C(=O)NS(C)(=O)=O)C1. The smallest absolute Gasteiger partial charge is 0.237 e. The zero-order chi connectivity index (χ0) is 12.6. The Morgan fingerprint density at radius 1 is 1.38 bits per heavy atom. The molecule has 0 spiro atoms. The molecule has 1 aliphatic rings. The number of carbonyl (C=O) groups excluding carboxylic acids is 1. The summed E-state index contributed by atoms with van der Waals surface area (Å²) in [6, 6.07) is 0. The average molecular weight is 248 g/mol. The largest absolute Gasteiger partial charge is 0.298 e. The molecular formula is C10H20N2O3S. The summed E-state index contributed by atoms with van der Waals surface area (Å²) in [5.74, 6) is -0.594. The Balaban J connectivity index is 2.57. The van der Waals surface area contributed by atoms with Crippen molar-refractivity contribution in [2.75, 3.05) is 19.3 Å². The molecule has 1 heterocycles. The molecule has 1 rings (SSSR count). The van der Waals surface area contributed by atoms with Gasteiger partial charge in [-0.1, -0.05) is 0 Å². The monoisotopic (exact) mass is 248 g/mol. The van der Waals surface area contributed by atoms with Crippen molar-refractivity contribution in [2.24, 2.45) is 5.92 Å². The minimum absolute atomic E-state index is 0.0279. The predicted octanol–water partition coefficient (Wildman–Crippen LogP) is 0.183. The maximum Gasteiger partial charge on any atom is 0.237 e. The van der Waals surface area contributed by atoms with Gasteiger partial charge in [0.1, 0.15) is 0 Å². The van der Waals surface area contributed by atoms with Crippen molar-refractivity contribution in [1.29, 1.82) is 0 Å². The third kappa shape index (κ3) is 3.75. The molecule has 1 saturated heterocycles. The van der Waals surface area contributed by atoms with Crippen LogP contribution >= 0.6 is 0 Å². The number of amides is 1. The zero-order valence-electron chi connectivity index (χ0n) is 10.3. The Kier molecular flexibility index (Phi) is 3.64. The van der Waals surface area contributed by atoms with Crippen molar-refractivity contribution < 1.29 is 13.2 Å². The Morgan fingerprint density at radius 2 is 1.94 bits per heavy atom. The number of carbonyl (C=O) groups is 1. The highest BCUT2D eigenvalue weighted by atomic mass is 32.2. The molecular weight excluding hydrogens is 228 g/mol. The Bertz CT molecular complexity index is 370. The van der Waals surface area contributed by atoms with Crippen LogP contribution in [0.4, 0.5) is 0 Å². The molecule has 1 amide bonds. The fourth-order valence-electron chi connectivity index (χ4n) is 1.85. The lowest BCUT2D eigenvalue weighted by Gasteiger charge is -2.31. The van der Waals surface area contributed by atoms with Crippen molar-refractivity contribution in [3.63, 3.8) is 0 Å². The van der Waals surface area contributed by atoms with Gasteiger partial charge in [0.25, 0.3) is 0 Å². The fraction of sp³-hybridized carbons (Fsp3) is 0.900. The normalized spacial score (nSPS) is 23.4. The molecule has 0 aromatic rings. The van der Waals surface area contributed by atoms with E-state index in [-0.39, 0.29) is 17.4 Å². The maximum atomic E-state index is 11.6. The first-order valence-electron chi connectivity index (χ1n) is 5.36. The van der Waals surface area contributed by atoms with Gasteiger partial charge in [0.05, 0.1) is 12.2 Å². The summed E-state index contributed by atoms with van der Waals surface area (Å²) in [6.07, 6.45) is 1.72. The van der Waals surface area contributed by atoms with Crippen molar-refractivity contribution >= 4 is 15.9 Å². The molecule has 1 fully saturated rings. The minimum Gasteiger partial charge on any atom is -0.298 e. The van der Waals surface area contributed by atoms with Crippen molar-refractivity contribution in [1.82, 2.24) is 9.62 Å². The lowest BCUT2D eigenvalue weighted by Crippen LogP contribution is -2.41. The van der Waals surface area contributed by atoms with E-state index < -0.39 is 10.0 Å². The van der Waals surface area contributed by atoms with Crippen LogP contribution in [0.25, 0.3) is 0 Å². The van der Waals surface area contributed by atoms with Crippen LogP contribution in [0.1, 0.15) is 27.2 Å². The van der Waals surface area contributed by atoms with E-state index in [0.717, 1.165) is 19.2 Å². The van der Waals surface area contributed by atoms with Crippen LogP contribution in [0.3, 0.4) is 0 Å². The Morgan fingerprint density at radius 3 is 2.31 bits per heavy atom. The molecule has 94 valence electrons. The lowest BCUT2D eigenvalue weighted by atomic mass is 10.1. The van der Waals surface area contributed by atoms with E-state index in [1.54, 1.807) is 0 Å². The highest BCUT2D eigenvalue weighted by molar-refractivity contribution is 7.89. The molecule has 16 heavy (non-hydrogen) atoms. The van der Waals surface area contributed by atoms with E-state index in [2.05, 4.69) is 25.7 Å². The number of nitrogens with one attached hydrogen (secondary N) is 1. The third-order valence-corrected chi connectivity index (χ3v) is 3.37. The van der Waals surface area contributed by atoms with Crippen molar-refractivity contribution in [2.45, 2.75) is 32.7 Å². The molecule has 5 nitrogen and oxygen atoms in total. The molecule has 0 bridgehead atoms. The molecule has 6 heteroatoms. The summed E-state index contributed by atoms with van der Waals surface area (Å²) < 4.78 is 23.9. The van der Waals surface area contributed by atoms with Gasteiger partial charge in [0.2, 0.25) is 15.9 Å². The molecule has 0 aromatic carbocycles. The number of hydrogen-bond acceptors (Lipinski definition) is 4. The predicted molar refractivity (Wildman–Crippen MR) is 62.4 cm³/mol. The van der Waals surface area contributed by atoms with Crippen LogP contribution < -0.4 is 4.72 Å². The number of nitrogens with zero attached hydrogens (tertiary/aromatic N) is 1. The van der Waals surface area contributed by atoms with E-state index in [9.17, 15) is 13.2 Å². The van der Waals surface area contributed by atoms with Gasteiger partial charge in [-0.2, -0.15) is 0 Å². The first-order valence-corrected chi connectivity index (χ1v) is 7.25. The molecule has 1 unspecified atom stereocenters. The number of likely N-dealkylation sites (tertiary alicyclic amines) is 1. The van der Waals surface area contributed by atoms with Crippen LogP contribution in [0.2, 0.25) is 0 Å². The zero-order valence-corrected chi connectivity index (χ0v) is 11.1. The van der Waals surface area contributed by atoms with Gasteiger partial charge in [0, 0.05) is 12.1 Å². The van der Waals surface area contributed by atoms with E-state index in [1.165, 1.54) is 0 Å². The van der Waals surface area contributed by atoms with Crippen LogP contribution in [-0.2, 0) is 14.8 Å². The van der Waals surface area contributed by atoms with Crippen molar-refractivity contribution in [3.8, 4) is 0 Å². The fourth-order valence-corrected chi connectivity index (χ4v) is 2.38. The quantitative estimate of drug-likeness (QED) is 0.757. The number of sulfonamides is 1. The Labute approximate surface area is 97.2 Å². The second-order valence-electron chi connectivity index (χ2n) is 5.34. The van der Waals surface area contributed by atoms with Crippen LogP contribution in [0.5, 0.6) is 0 Å². The third-order valence-electron chi connectivity index (χ3n) is 2.79. The summed E-state index contributed by atoms with van der Waals surface area (Å²) in [5.41, 5.74) is 0.0279. The number of hydrogen-bond donors (Lipinski definition) is 1. The first-order chi connectivity index (χ1) is 7.09. The van der Waals surface area contributed by atoms with Crippen LogP contribution in [0, 0.1) is 5.92 Å². The van der Waals surface area contributed by atoms with Gasteiger partial charge >= 0.3 is 0 Å². The number of rotatable bonds is 2. The van der Waals surface area contributed by atoms with E-state index in [1.807, 2.05) is 4.72 Å². The van der Waals surface area contributed by atoms with Crippen LogP contribution in [0.15, 0.2) is 0 Å². The van der Waals surface area contributed by atoms with Gasteiger partial charge in [0.15, 0.2) is 0 Å². The maximum absolute atomic E-state index is 11.6. The molecule has 1 aliphatic heterocycles. The summed E-state index contributed by atoms with van der Waals surface area (Å²) in [7, 11) is -3.43. The summed E-state index contributed by atoms with van der Waals surface area (Å²) in [6.45, 7) is 7.73. The second-order valence-corrected chi connectivity index (χ2v) is 7.09.